The van der Waals surface area contributed by atoms with Crippen LogP contribution in [0.25, 0.3) is 5.57 Å². The van der Waals surface area contributed by atoms with E-state index in [1.54, 1.807) is 43.3 Å². The van der Waals surface area contributed by atoms with E-state index in [2.05, 4.69) is 10.3 Å². The van der Waals surface area contributed by atoms with Crippen LogP contribution in [0.5, 0.6) is 17.2 Å². The van der Waals surface area contributed by atoms with Crippen LogP contribution in [0.1, 0.15) is 61.0 Å². The fraction of sp³-hybridized carbons (Fsp3) is 0.406. The van der Waals surface area contributed by atoms with Crippen molar-refractivity contribution in [3.63, 3.8) is 0 Å². The second-order valence-corrected chi connectivity index (χ2v) is 8.29. The Balaban J connectivity index is -0.000000649. The summed E-state index contributed by atoms with van der Waals surface area (Å²) < 4.78 is 4.92. The van der Waals surface area contributed by atoms with Gasteiger partial charge in [-0.1, -0.05) is 72.6 Å². The number of benzene rings is 2. The van der Waals surface area contributed by atoms with E-state index in [9.17, 15) is 10.2 Å². The molecule has 0 saturated heterocycles. The molecule has 9 heteroatoms. The lowest BCUT2D eigenvalue weighted by Gasteiger charge is -2.23. The van der Waals surface area contributed by atoms with E-state index < -0.39 is 0 Å². The van der Waals surface area contributed by atoms with Crippen LogP contribution in [0.2, 0.25) is 0 Å². The summed E-state index contributed by atoms with van der Waals surface area (Å²) in [7, 11) is 7.57. The Morgan fingerprint density at radius 3 is 2.20 bits per heavy atom. The van der Waals surface area contributed by atoms with Gasteiger partial charge in [-0.15, -0.1) is 11.8 Å². The number of thioether (sulfide) groups is 1. The van der Waals surface area contributed by atoms with Gasteiger partial charge in [0.25, 0.3) is 0 Å². The molecule has 0 amide bonds. The number of phenols is 2. The number of phenolic OH excluding ortho intramolecular Hbond substituents is 2. The normalized spacial score (nSPS) is 13.6. The summed E-state index contributed by atoms with van der Waals surface area (Å²) in [6.45, 7) is 13.4. The number of allylic oxidation sites excluding steroid dienone is 3. The topological polar surface area (TPSA) is 132 Å². The fourth-order valence-electron chi connectivity index (χ4n) is 3.47. The summed E-state index contributed by atoms with van der Waals surface area (Å²) in [6.07, 6.45) is 8.58. The molecule has 4 rings (SSSR count). The van der Waals surface area contributed by atoms with Gasteiger partial charge in [0.2, 0.25) is 0 Å². The van der Waals surface area contributed by atoms with E-state index in [1.807, 2.05) is 84.2 Å². The molecule has 0 bridgehead atoms. The third-order valence-corrected chi connectivity index (χ3v) is 5.94. The number of aliphatic imine (C=N–C) groups is 1. The minimum atomic E-state index is -0.0765. The Hall–Kier alpha value is -3.14. The van der Waals surface area contributed by atoms with E-state index >= 15 is 0 Å². The maximum absolute atomic E-state index is 10.1. The van der Waals surface area contributed by atoms with Crippen LogP contribution in [0.15, 0.2) is 81.2 Å². The van der Waals surface area contributed by atoms with E-state index in [-0.39, 0.29) is 30.4 Å². The number of hydrogen-bond acceptors (Lipinski definition) is 7. The Kier molecular flexibility index (Phi) is 25.4. The predicted octanol–water partition coefficient (Wildman–Crippen LogP) is 6.50. The van der Waals surface area contributed by atoms with Crippen LogP contribution < -0.4 is 15.8 Å². The lowest BCUT2D eigenvalue weighted by molar-refractivity contribution is 0.372. The summed E-state index contributed by atoms with van der Waals surface area (Å²) in [6, 6.07) is 12.5. The van der Waals surface area contributed by atoms with Gasteiger partial charge in [0.15, 0.2) is 11.5 Å². The van der Waals surface area contributed by atoms with E-state index in [4.69, 9.17) is 18.3 Å². The summed E-state index contributed by atoms with van der Waals surface area (Å²) >= 11 is 1.62. The first kappa shape index (κ1) is 42.3. The van der Waals surface area contributed by atoms with Gasteiger partial charge in [0.05, 0.1) is 7.11 Å². The molecule has 228 valence electrons. The average molecular weight is 586 g/mol. The summed E-state index contributed by atoms with van der Waals surface area (Å²) in [5.41, 5.74) is 9.88. The molecule has 0 saturated carbocycles. The smallest absolute Gasteiger partial charge is 0.161 e. The number of fused-ring (bicyclic) bond motifs is 1. The monoisotopic (exact) mass is 585 g/mol. The fourth-order valence-corrected chi connectivity index (χ4v) is 3.90. The van der Waals surface area contributed by atoms with Gasteiger partial charge in [-0.2, -0.15) is 0 Å². The standard InChI is InChI=1S/C17H18BN3O.C8H10O2S.3C2H6.CH4.H2O/c18-14-10-21-17-13(14)8-11(9-15(17)20-7-3-6-19)12-4-1-2-5-16(12)22;1-10-8-5-6(11-2)3-4-7(8)9;3*1-2;;/h1-2,4-5,8-10,17,20,22H,3,6-7,19H2;3-5,9H,1-2H3;3*1-2H3;1H4;1H2. The maximum Gasteiger partial charge on any atom is 0.161 e. The van der Waals surface area contributed by atoms with Crippen LogP contribution in [-0.4, -0.2) is 62.2 Å². The third-order valence-electron chi connectivity index (χ3n) is 5.22. The zero-order chi connectivity index (χ0) is 29.8. The van der Waals surface area contributed by atoms with Crippen LogP contribution in [0.4, 0.5) is 0 Å². The quantitative estimate of drug-likeness (QED) is 0.167. The van der Waals surface area contributed by atoms with Gasteiger partial charge < -0.3 is 31.5 Å². The number of rotatable bonds is 7. The first-order valence-electron chi connectivity index (χ1n) is 13.6. The highest BCUT2D eigenvalue weighted by Crippen LogP contribution is 2.35. The second kappa shape index (κ2) is 24.6. The molecule has 2 radical (unpaired) electrons. The van der Waals surface area contributed by atoms with E-state index in [0.717, 1.165) is 40.3 Å². The predicted molar refractivity (Wildman–Crippen MR) is 182 cm³/mol. The van der Waals surface area contributed by atoms with Crippen LogP contribution in [-0.2, 0) is 0 Å². The van der Waals surface area contributed by atoms with Crippen molar-refractivity contribution in [1.29, 1.82) is 0 Å². The summed E-state index contributed by atoms with van der Waals surface area (Å²) in [5, 5.41) is 22.7. The number of aromatic hydroxyl groups is 2. The lowest BCUT2D eigenvalue weighted by atomic mass is 9.84. The average Bonchev–Trinajstić information content (AvgIpc) is 3.37. The molecule has 7 nitrogen and oxygen atoms in total. The zero-order valence-corrected chi connectivity index (χ0v) is 26.1. The van der Waals surface area contributed by atoms with Gasteiger partial charge in [-0.05, 0) is 66.8 Å². The van der Waals surface area contributed by atoms with Gasteiger partial charge in [-0.25, -0.2) is 0 Å². The van der Waals surface area contributed by atoms with Gasteiger partial charge in [0.1, 0.15) is 19.6 Å². The first-order chi connectivity index (χ1) is 19.0. The Morgan fingerprint density at radius 2 is 1.63 bits per heavy atom. The molecule has 1 unspecified atom stereocenters. The number of para-hydroxylation sites is 1. The maximum atomic E-state index is 10.1. The van der Waals surface area contributed by atoms with E-state index in [1.165, 1.54) is 0 Å². The van der Waals surface area contributed by atoms with Crippen molar-refractivity contribution in [2.24, 2.45) is 10.7 Å². The number of nitrogens with two attached hydrogens (primary N) is 1. The van der Waals surface area contributed by atoms with Crippen LogP contribution in [0.3, 0.4) is 0 Å². The van der Waals surface area contributed by atoms with Gasteiger partial charge >= 0.3 is 0 Å². The molecule has 0 fully saturated rings. The minimum Gasteiger partial charge on any atom is -0.507 e. The highest BCUT2D eigenvalue weighted by molar-refractivity contribution is 7.98. The molecule has 2 aliphatic rings. The first-order valence-corrected chi connectivity index (χ1v) is 14.8. The number of nitrogens with zero attached hydrogens (tertiary/aromatic N) is 1. The Labute approximate surface area is 254 Å². The summed E-state index contributed by atoms with van der Waals surface area (Å²) in [5.74, 6) is 0.963. The minimum absolute atomic E-state index is 0. The van der Waals surface area contributed by atoms with Crippen molar-refractivity contribution < 1.29 is 20.4 Å². The molecule has 1 heterocycles. The van der Waals surface area contributed by atoms with Crippen molar-refractivity contribution in [2.75, 3.05) is 26.5 Å². The highest BCUT2D eigenvalue weighted by atomic mass is 32.2. The number of methoxy groups -OCH3 is 1. The van der Waals surface area contributed by atoms with Crippen molar-refractivity contribution in [2.45, 2.75) is 66.3 Å². The molecule has 2 aromatic carbocycles. The molecule has 41 heavy (non-hydrogen) atoms. The molecule has 1 aliphatic heterocycles. The molecule has 0 aromatic heterocycles. The summed E-state index contributed by atoms with van der Waals surface area (Å²) in [4.78, 5) is 5.54. The molecule has 1 aliphatic carbocycles. The molecule has 2 aromatic rings. The third kappa shape index (κ3) is 12.9. The number of hydrogen-bond donors (Lipinski definition) is 4. The van der Waals surface area contributed by atoms with Crippen molar-refractivity contribution in [3.05, 3.63) is 76.9 Å². The molecular weight excluding hydrogens is 533 g/mol. The van der Waals surface area contributed by atoms with Gasteiger partial charge in [-0.3, -0.25) is 4.99 Å². The number of ether oxygens (including phenoxy) is 1. The lowest BCUT2D eigenvalue weighted by Crippen LogP contribution is -2.27. The molecular formula is C32H52BN3O4S. The Bertz CT molecular complexity index is 1120. The molecule has 1 atom stereocenters. The number of nitrogens with one attached hydrogen (secondary N) is 1. The molecule has 7 N–H and O–H groups in total. The van der Waals surface area contributed by atoms with Crippen LogP contribution in [0, 0.1) is 0 Å². The van der Waals surface area contributed by atoms with Crippen molar-refractivity contribution in [1.82, 2.24) is 5.32 Å². The highest BCUT2D eigenvalue weighted by Gasteiger charge is 2.26. The van der Waals surface area contributed by atoms with E-state index in [0.29, 0.717) is 17.8 Å². The second-order valence-electron chi connectivity index (χ2n) is 7.41. The largest absolute Gasteiger partial charge is 0.507 e. The van der Waals surface area contributed by atoms with Gasteiger partial charge in [0, 0.05) is 28.9 Å². The van der Waals surface area contributed by atoms with Crippen LogP contribution >= 0.6 is 11.8 Å². The Morgan fingerprint density at radius 1 is 1.00 bits per heavy atom. The SMILES string of the molecule is C.CC.CC.CC.COc1cc(SC)ccc1O.O.[B]C1=C2C=C(c3ccccc3O)C=C(NCCCN)C2N=C1. The molecule has 0 spiro atoms. The van der Waals surface area contributed by atoms with Crippen molar-refractivity contribution in [3.8, 4) is 17.2 Å². The van der Waals surface area contributed by atoms with Crippen molar-refractivity contribution >= 4 is 31.4 Å². The zero-order valence-electron chi connectivity index (χ0n) is 25.3.